The molecule has 0 saturated heterocycles. The predicted octanol–water partition coefficient (Wildman–Crippen LogP) is 4.58. The first kappa shape index (κ1) is 21.2. The van der Waals surface area contributed by atoms with E-state index >= 15 is 0 Å². The average molecular weight is 410 g/mol. The van der Waals surface area contributed by atoms with Crippen LogP contribution in [0.25, 0.3) is 22.0 Å². The van der Waals surface area contributed by atoms with E-state index in [2.05, 4.69) is 10.3 Å². The zero-order valence-electron chi connectivity index (χ0n) is 17.7. The lowest BCUT2D eigenvalue weighted by molar-refractivity contribution is -0.143. The maximum Gasteiger partial charge on any atom is 0.408 e. The van der Waals surface area contributed by atoms with E-state index in [0.29, 0.717) is 11.3 Å². The van der Waals surface area contributed by atoms with Crippen molar-refractivity contribution in [2.24, 2.45) is 0 Å². The summed E-state index contributed by atoms with van der Waals surface area (Å²) in [6.45, 7) is 5.26. The van der Waals surface area contributed by atoms with Crippen LogP contribution in [-0.4, -0.2) is 36.9 Å². The van der Waals surface area contributed by atoms with E-state index in [1.54, 1.807) is 40.0 Å². The van der Waals surface area contributed by atoms with Crippen LogP contribution in [0.15, 0.2) is 48.7 Å². The Balaban J connectivity index is 2.01. The van der Waals surface area contributed by atoms with Gasteiger partial charge in [-0.15, -0.1) is 0 Å². The maximum absolute atomic E-state index is 12.4. The number of esters is 1. The molecule has 1 heterocycles. The number of hydrogen-bond acceptors (Lipinski definition) is 5. The number of alkyl carbamates (subject to hydrolysis) is 1. The summed E-state index contributed by atoms with van der Waals surface area (Å²) in [4.78, 5) is 27.9. The number of H-pyrrole nitrogens is 1. The molecule has 1 atom stereocenters. The van der Waals surface area contributed by atoms with Crippen LogP contribution in [0.5, 0.6) is 5.75 Å². The molecule has 0 aliphatic heterocycles. The molecule has 0 bridgehead atoms. The number of aromatic nitrogens is 1. The van der Waals surface area contributed by atoms with Gasteiger partial charge in [0, 0.05) is 17.3 Å². The van der Waals surface area contributed by atoms with Crippen molar-refractivity contribution in [2.45, 2.75) is 32.4 Å². The summed E-state index contributed by atoms with van der Waals surface area (Å²) >= 11 is 0. The second kappa shape index (κ2) is 8.49. The topological polar surface area (TPSA) is 89.7 Å². The first-order valence-corrected chi connectivity index (χ1v) is 9.54. The summed E-state index contributed by atoms with van der Waals surface area (Å²) in [5.41, 5.74) is 2.53. The minimum Gasteiger partial charge on any atom is -0.496 e. The minimum atomic E-state index is -1.02. The number of ether oxygens (including phenoxy) is 3. The SMILES string of the molecule is COC(=O)[C@H](NC(=O)OC(C)(C)C)c1ccc(OC)c(-c2ccc3cc[nH]c3c2)c1. The van der Waals surface area contributed by atoms with Gasteiger partial charge in [0.15, 0.2) is 6.04 Å². The summed E-state index contributed by atoms with van der Waals surface area (Å²) in [6, 6.07) is 12.2. The molecule has 7 nitrogen and oxygen atoms in total. The fraction of sp³-hybridized carbons (Fsp3) is 0.304. The van der Waals surface area contributed by atoms with Crippen LogP contribution in [0.3, 0.4) is 0 Å². The number of methoxy groups -OCH3 is 2. The molecule has 30 heavy (non-hydrogen) atoms. The first-order chi connectivity index (χ1) is 14.2. The molecule has 1 aromatic heterocycles. The largest absolute Gasteiger partial charge is 0.496 e. The van der Waals surface area contributed by atoms with Crippen molar-refractivity contribution in [1.29, 1.82) is 0 Å². The Bertz CT molecular complexity index is 1060. The monoisotopic (exact) mass is 410 g/mol. The third-order valence-electron chi connectivity index (χ3n) is 4.52. The maximum atomic E-state index is 12.4. The fourth-order valence-corrected chi connectivity index (χ4v) is 3.17. The summed E-state index contributed by atoms with van der Waals surface area (Å²) in [5.74, 6) is 0.0438. The number of amides is 1. The normalized spacial score (nSPS) is 12.3. The van der Waals surface area contributed by atoms with Crippen LogP contribution < -0.4 is 10.1 Å². The minimum absolute atomic E-state index is 0.551. The predicted molar refractivity (Wildman–Crippen MR) is 114 cm³/mol. The quantitative estimate of drug-likeness (QED) is 0.601. The number of aromatic amines is 1. The van der Waals surface area contributed by atoms with Gasteiger partial charge in [-0.05, 0) is 61.5 Å². The van der Waals surface area contributed by atoms with E-state index in [-0.39, 0.29) is 0 Å². The van der Waals surface area contributed by atoms with Crippen LogP contribution in [0.2, 0.25) is 0 Å². The van der Waals surface area contributed by atoms with E-state index in [1.807, 2.05) is 36.5 Å². The molecular weight excluding hydrogens is 384 g/mol. The fourth-order valence-electron chi connectivity index (χ4n) is 3.17. The Morgan fingerprint density at radius 1 is 1.03 bits per heavy atom. The van der Waals surface area contributed by atoms with Crippen molar-refractivity contribution < 1.29 is 23.8 Å². The number of fused-ring (bicyclic) bond motifs is 1. The van der Waals surface area contributed by atoms with Gasteiger partial charge in [-0.2, -0.15) is 0 Å². The molecular formula is C23H26N2O5. The van der Waals surface area contributed by atoms with Gasteiger partial charge in [0.1, 0.15) is 11.4 Å². The number of hydrogen-bond donors (Lipinski definition) is 2. The Morgan fingerprint density at radius 3 is 2.47 bits per heavy atom. The molecule has 2 aromatic carbocycles. The molecule has 3 aromatic rings. The molecule has 0 unspecified atom stereocenters. The van der Waals surface area contributed by atoms with Gasteiger partial charge in [-0.25, -0.2) is 9.59 Å². The van der Waals surface area contributed by atoms with E-state index in [1.165, 1.54) is 7.11 Å². The zero-order valence-corrected chi connectivity index (χ0v) is 17.7. The van der Waals surface area contributed by atoms with Crippen LogP contribution >= 0.6 is 0 Å². The third-order valence-corrected chi connectivity index (χ3v) is 4.52. The molecule has 0 fully saturated rings. The van der Waals surface area contributed by atoms with E-state index < -0.39 is 23.7 Å². The van der Waals surface area contributed by atoms with Crippen molar-refractivity contribution in [3.63, 3.8) is 0 Å². The highest BCUT2D eigenvalue weighted by Crippen LogP contribution is 2.34. The average Bonchev–Trinajstić information content (AvgIpc) is 3.17. The highest BCUT2D eigenvalue weighted by Gasteiger charge is 2.27. The van der Waals surface area contributed by atoms with Gasteiger partial charge in [-0.3, -0.25) is 0 Å². The number of rotatable bonds is 5. The highest BCUT2D eigenvalue weighted by atomic mass is 16.6. The zero-order chi connectivity index (χ0) is 21.9. The summed E-state index contributed by atoms with van der Waals surface area (Å²) in [6.07, 6.45) is 1.17. The third kappa shape index (κ3) is 4.74. The molecule has 3 rings (SSSR count). The van der Waals surface area contributed by atoms with Gasteiger partial charge >= 0.3 is 12.1 Å². The molecule has 0 saturated carbocycles. The van der Waals surface area contributed by atoms with Gasteiger partial charge in [0.25, 0.3) is 0 Å². The van der Waals surface area contributed by atoms with Crippen LogP contribution in [0, 0.1) is 0 Å². The van der Waals surface area contributed by atoms with Gasteiger partial charge in [-0.1, -0.05) is 18.2 Å². The van der Waals surface area contributed by atoms with E-state index in [9.17, 15) is 9.59 Å². The lowest BCUT2D eigenvalue weighted by Crippen LogP contribution is -2.38. The Hall–Kier alpha value is -3.48. The number of carbonyl (C=O) groups excluding carboxylic acids is 2. The van der Waals surface area contributed by atoms with Gasteiger partial charge < -0.3 is 24.5 Å². The van der Waals surface area contributed by atoms with Gasteiger partial charge in [0.2, 0.25) is 0 Å². The molecule has 2 N–H and O–H groups in total. The lowest BCUT2D eigenvalue weighted by Gasteiger charge is -2.23. The first-order valence-electron chi connectivity index (χ1n) is 9.54. The smallest absolute Gasteiger partial charge is 0.408 e. The Labute approximate surface area is 175 Å². The van der Waals surface area contributed by atoms with Crippen LogP contribution in [-0.2, 0) is 14.3 Å². The van der Waals surface area contributed by atoms with Crippen molar-refractivity contribution >= 4 is 23.0 Å². The van der Waals surface area contributed by atoms with Crippen molar-refractivity contribution in [1.82, 2.24) is 10.3 Å². The van der Waals surface area contributed by atoms with Gasteiger partial charge in [0.05, 0.1) is 14.2 Å². The molecule has 0 radical (unpaired) electrons. The molecule has 7 heteroatoms. The second-order valence-electron chi connectivity index (χ2n) is 7.84. The highest BCUT2D eigenvalue weighted by molar-refractivity contribution is 5.87. The molecule has 1 amide bonds. The number of carbonyl (C=O) groups is 2. The number of nitrogens with one attached hydrogen (secondary N) is 2. The molecule has 0 aliphatic rings. The molecule has 158 valence electrons. The second-order valence-corrected chi connectivity index (χ2v) is 7.84. The standard InChI is InChI=1S/C23H26N2O5/c1-23(2,3)30-22(27)25-20(21(26)29-5)16-8-9-19(28-4)17(12-16)15-7-6-14-10-11-24-18(14)13-15/h6-13,20,24H,1-5H3,(H,25,27)/t20-/m1/s1. The van der Waals surface area contributed by atoms with Crippen molar-refractivity contribution in [3.05, 3.63) is 54.2 Å². The lowest BCUT2D eigenvalue weighted by atomic mass is 9.97. The van der Waals surface area contributed by atoms with Crippen LogP contribution in [0.4, 0.5) is 4.79 Å². The van der Waals surface area contributed by atoms with E-state index in [4.69, 9.17) is 14.2 Å². The Kier molecular flexibility index (Phi) is 6.01. The van der Waals surface area contributed by atoms with Crippen molar-refractivity contribution in [2.75, 3.05) is 14.2 Å². The van der Waals surface area contributed by atoms with Crippen LogP contribution in [0.1, 0.15) is 32.4 Å². The summed E-state index contributed by atoms with van der Waals surface area (Å²) in [5, 5.41) is 3.69. The summed E-state index contributed by atoms with van der Waals surface area (Å²) < 4.78 is 15.7. The van der Waals surface area contributed by atoms with Crippen molar-refractivity contribution in [3.8, 4) is 16.9 Å². The molecule has 0 spiro atoms. The van der Waals surface area contributed by atoms with E-state index in [0.717, 1.165) is 22.0 Å². The molecule has 0 aliphatic carbocycles. The summed E-state index contributed by atoms with van der Waals surface area (Å²) in [7, 11) is 2.86. The number of benzene rings is 2. The Morgan fingerprint density at radius 2 is 1.80 bits per heavy atom.